The second kappa shape index (κ2) is 4.81. The van der Waals surface area contributed by atoms with Gasteiger partial charge in [0.25, 0.3) is 0 Å². The summed E-state index contributed by atoms with van der Waals surface area (Å²) in [5.41, 5.74) is 0. The van der Waals surface area contributed by atoms with E-state index in [9.17, 15) is 4.79 Å². The molecule has 0 spiro atoms. The highest BCUT2D eigenvalue weighted by molar-refractivity contribution is 7.99. The maximum Gasteiger partial charge on any atom is 0.304 e. The molecule has 0 aliphatic carbocycles. The van der Waals surface area contributed by atoms with Crippen molar-refractivity contribution >= 4 is 17.7 Å². The fourth-order valence-corrected chi connectivity index (χ4v) is 1.73. The molecule has 0 amide bonds. The molecule has 0 saturated carbocycles. The molecule has 1 N–H and O–H groups in total. The normalized spacial score (nSPS) is 12.4. The van der Waals surface area contributed by atoms with E-state index >= 15 is 0 Å². The summed E-state index contributed by atoms with van der Waals surface area (Å²) in [7, 11) is 0. The zero-order chi connectivity index (χ0) is 9.68. The van der Waals surface area contributed by atoms with Gasteiger partial charge < -0.3 is 5.11 Å². The first-order valence-electron chi connectivity index (χ1n) is 3.83. The van der Waals surface area contributed by atoms with Crippen molar-refractivity contribution < 1.29 is 9.90 Å². The molecule has 13 heavy (non-hydrogen) atoms. The number of aromatic nitrogens is 2. The van der Waals surface area contributed by atoms with E-state index in [4.69, 9.17) is 5.11 Å². The van der Waals surface area contributed by atoms with Gasteiger partial charge in [-0.1, -0.05) is 6.92 Å². The smallest absolute Gasteiger partial charge is 0.304 e. The second-order valence-corrected chi connectivity index (χ2v) is 4.03. The zero-order valence-corrected chi connectivity index (χ0v) is 7.99. The molecular formula is C8H10N2O2S. The SMILES string of the molecule is CC(CC(=O)O)Sc1ccncn1. The van der Waals surface area contributed by atoms with E-state index in [1.54, 1.807) is 12.3 Å². The molecule has 1 heterocycles. The summed E-state index contributed by atoms with van der Waals surface area (Å²) in [6, 6.07) is 1.77. The third kappa shape index (κ3) is 3.89. The van der Waals surface area contributed by atoms with Crippen LogP contribution >= 0.6 is 11.8 Å². The summed E-state index contributed by atoms with van der Waals surface area (Å²) in [5, 5.41) is 9.36. The van der Waals surface area contributed by atoms with Gasteiger partial charge in [-0.2, -0.15) is 0 Å². The highest BCUT2D eigenvalue weighted by atomic mass is 32.2. The van der Waals surface area contributed by atoms with Gasteiger partial charge in [-0.15, -0.1) is 11.8 Å². The van der Waals surface area contributed by atoms with E-state index in [1.165, 1.54) is 18.1 Å². The number of rotatable bonds is 4. The Kier molecular flexibility index (Phi) is 3.70. The Hall–Kier alpha value is -1.10. The van der Waals surface area contributed by atoms with Crippen LogP contribution in [0.25, 0.3) is 0 Å². The van der Waals surface area contributed by atoms with Crippen molar-refractivity contribution in [1.29, 1.82) is 0 Å². The molecule has 5 heteroatoms. The lowest BCUT2D eigenvalue weighted by molar-refractivity contribution is -0.136. The Morgan fingerprint density at radius 3 is 3.08 bits per heavy atom. The molecule has 1 unspecified atom stereocenters. The minimum atomic E-state index is -0.783. The Morgan fingerprint density at radius 2 is 2.54 bits per heavy atom. The summed E-state index contributed by atoms with van der Waals surface area (Å²) < 4.78 is 0. The van der Waals surface area contributed by atoms with E-state index in [0.717, 1.165) is 5.03 Å². The number of nitrogens with zero attached hydrogens (tertiary/aromatic N) is 2. The fraction of sp³-hybridized carbons (Fsp3) is 0.375. The summed E-state index contributed by atoms with van der Waals surface area (Å²) in [6.07, 6.45) is 3.24. The maximum atomic E-state index is 10.4. The Balaban J connectivity index is 2.45. The molecule has 1 atom stereocenters. The second-order valence-electron chi connectivity index (χ2n) is 2.57. The Labute approximate surface area is 80.4 Å². The lowest BCUT2D eigenvalue weighted by Gasteiger charge is -2.05. The van der Waals surface area contributed by atoms with E-state index in [2.05, 4.69) is 9.97 Å². The molecule has 0 fully saturated rings. The molecule has 4 nitrogen and oxygen atoms in total. The minimum Gasteiger partial charge on any atom is -0.481 e. The first-order valence-corrected chi connectivity index (χ1v) is 4.71. The summed E-state index contributed by atoms with van der Waals surface area (Å²) in [5.74, 6) is -0.783. The monoisotopic (exact) mass is 198 g/mol. The first kappa shape index (κ1) is 9.98. The largest absolute Gasteiger partial charge is 0.481 e. The first-order chi connectivity index (χ1) is 6.18. The number of carbonyl (C=O) groups is 1. The molecule has 0 aliphatic heterocycles. The average molecular weight is 198 g/mol. The van der Waals surface area contributed by atoms with Gasteiger partial charge in [0.2, 0.25) is 0 Å². The highest BCUT2D eigenvalue weighted by Crippen LogP contribution is 2.21. The molecular weight excluding hydrogens is 188 g/mol. The molecule has 0 radical (unpaired) electrons. The van der Waals surface area contributed by atoms with Crippen LogP contribution in [0.5, 0.6) is 0 Å². The number of thioether (sulfide) groups is 1. The number of hydrogen-bond acceptors (Lipinski definition) is 4. The zero-order valence-electron chi connectivity index (χ0n) is 7.17. The summed E-state index contributed by atoms with van der Waals surface area (Å²) in [6.45, 7) is 1.86. The average Bonchev–Trinajstić information content (AvgIpc) is 2.04. The van der Waals surface area contributed by atoms with Crippen LogP contribution in [-0.2, 0) is 4.79 Å². The lowest BCUT2D eigenvalue weighted by atomic mass is 10.3. The van der Waals surface area contributed by atoms with Crippen LogP contribution < -0.4 is 0 Å². The molecule has 1 aromatic heterocycles. The third-order valence-corrected chi connectivity index (χ3v) is 2.39. The van der Waals surface area contributed by atoms with E-state index in [-0.39, 0.29) is 11.7 Å². The van der Waals surface area contributed by atoms with Gasteiger partial charge in [-0.25, -0.2) is 9.97 Å². The fourth-order valence-electron chi connectivity index (χ4n) is 0.842. The number of hydrogen-bond donors (Lipinski definition) is 1. The van der Waals surface area contributed by atoms with Gasteiger partial charge in [-0.05, 0) is 6.07 Å². The molecule has 0 aromatic carbocycles. The van der Waals surface area contributed by atoms with Crippen LogP contribution in [0.15, 0.2) is 23.6 Å². The molecule has 0 saturated heterocycles. The molecule has 0 bridgehead atoms. The summed E-state index contributed by atoms with van der Waals surface area (Å²) in [4.78, 5) is 18.1. The molecule has 1 rings (SSSR count). The van der Waals surface area contributed by atoms with Crippen molar-refractivity contribution in [2.24, 2.45) is 0 Å². The highest BCUT2D eigenvalue weighted by Gasteiger charge is 2.09. The van der Waals surface area contributed by atoms with Crippen molar-refractivity contribution in [3.8, 4) is 0 Å². The van der Waals surface area contributed by atoms with Crippen LogP contribution in [-0.4, -0.2) is 26.3 Å². The van der Waals surface area contributed by atoms with Crippen LogP contribution in [0, 0.1) is 0 Å². The minimum absolute atomic E-state index is 0.0346. The molecule has 70 valence electrons. The van der Waals surface area contributed by atoms with Crippen molar-refractivity contribution in [2.75, 3.05) is 0 Å². The topological polar surface area (TPSA) is 63.1 Å². The predicted octanol–water partition coefficient (Wildman–Crippen LogP) is 1.43. The molecule has 0 aliphatic rings. The maximum absolute atomic E-state index is 10.4. The van der Waals surface area contributed by atoms with Crippen molar-refractivity contribution in [2.45, 2.75) is 23.6 Å². The van der Waals surface area contributed by atoms with Crippen LogP contribution in [0.4, 0.5) is 0 Å². The van der Waals surface area contributed by atoms with Crippen molar-refractivity contribution in [1.82, 2.24) is 9.97 Å². The standard InChI is InChI=1S/C8H10N2O2S/c1-6(4-8(11)12)13-7-2-3-9-5-10-7/h2-3,5-6H,4H2,1H3,(H,11,12). The van der Waals surface area contributed by atoms with Gasteiger partial charge in [0.1, 0.15) is 6.33 Å². The van der Waals surface area contributed by atoms with Gasteiger partial charge >= 0.3 is 5.97 Å². The van der Waals surface area contributed by atoms with Gasteiger partial charge in [0.05, 0.1) is 11.4 Å². The third-order valence-electron chi connectivity index (χ3n) is 1.34. The van der Waals surface area contributed by atoms with E-state index < -0.39 is 5.97 Å². The van der Waals surface area contributed by atoms with Crippen LogP contribution in [0.3, 0.4) is 0 Å². The Bertz CT molecular complexity index is 279. The Morgan fingerprint density at radius 1 is 1.77 bits per heavy atom. The molecule has 1 aromatic rings. The van der Waals surface area contributed by atoms with Crippen LogP contribution in [0.2, 0.25) is 0 Å². The van der Waals surface area contributed by atoms with Gasteiger partial charge in [-0.3, -0.25) is 4.79 Å². The van der Waals surface area contributed by atoms with Crippen molar-refractivity contribution in [3.63, 3.8) is 0 Å². The number of aliphatic carboxylic acids is 1. The van der Waals surface area contributed by atoms with E-state index in [1.807, 2.05) is 6.92 Å². The predicted molar refractivity (Wildman–Crippen MR) is 49.6 cm³/mol. The summed E-state index contributed by atoms with van der Waals surface area (Å²) >= 11 is 1.44. The van der Waals surface area contributed by atoms with Gasteiger partial charge in [0, 0.05) is 11.4 Å². The number of carboxylic acid groups (broad SMARTS) is 1. The number of carboxylic acids is 1. The lowest BCUT2D eigenvalue weighted by Crippen LogP contribution is -2.05. The van der Waals surface area contributed by atoms with Crippen molar-refractivity contribution in [3.05, 3.63) is 18.6 Å². The van der Waals surface area contributed by atoms with Crippen LogP contribution in [0.1, 0.15) is 13.3 Å². The van der Waals surface area contributed by atoms with E-state index in [0.29, 0.717) is 0 Å². The van der Waals surface area contributed by atoms with Gasteiger partial charge in [0.15, 0.2) is 0 Å². The quantitative estimate of drug-likeness (QED) is 0.585.